The summed E-state index contributed by atoms with van der Waals surface area (Å²) in [6.45, 7) is 1.46. The molecule has 108 valence electrons. The number of nitrogens with zero attached hydrogens (tertiary/aromatic N) is 2. The molecule has 1 fully saturated rings. The van der Waals surface area contributed by atoms with Crippen LogP contribution in [0.3, 0.4) is 0 Å². The number of benzene rings is 1. The van der Waals surface area contributed by atoms with E-state index in [1.165, 1.54) is 4.90 Å². The molecule has 0 aromatic heterocycles. The molecule has 1 aromatic rings. The van der Waals surface area contributed by atoms with Gasteiger partial charge in [-0.25, -0.2) is 4.79 Å². The first-order chi connectivity index (χ1) is 9.58. The third-order valence-electron chi connectivity index (χ3n) is 2.94. The molecule has 20 heavy (non-hydrogen) atoms. The third-order valence-corrected chi connectivity index (χ3v) is 3.20. The molecular weight excluding hydrogens is 284 g/mol. The fraction of sp³-hybridized carbons (Fsp3) is 0.385. The standard InChI is InChI=1S/C13H15ClN2O4/c14-10-1-3-11(4-2-10)16(9-12(17)18)13(19)15-5-7-20-8-6-15/h1-4H,5-9H2,(H,17,18). The summed E-state index contributed by atoms with van der Waals surface area (Å²) in [7, 11) is 0. The third kappa shape index (κ3) is 3.61. The van der Waals surface area contributed by atoms with Gasteiger partial charge in [0.2, 0.25) is 0 Å². The van der Waals surface area contributed by atoms with E-state index in [4.69, 9.17) is 21.4 Å². The van der Waals surface area contributed by atoms with Crippen molar-refractivity contribution in [3.8, 4) is 0 Å². The quantitative estimate of drug-likeness (QED) is 0.922. The highest BCUT2D eigenvalue weighted by Gasteiger charge is 2.25. The lowest BCUT2D eigenvalue weighted by Gasteiger charge is -2.32. The van der Waals surface area contributed by atoms with Gasteiger partial charge >= 0.3 is 12.0 Å². The van der Waals surface area contributed by atoms with Crippen LogP contribution < -0.4 is 4.90 Å². The smallest absolute Gasteiger partial charge is 0.325 e. The Morgan fingerprint density at radius 1 is 1.25 bits per heavy atom. The minimum absolute atomic E-state index is 0.335. The Balaban J connectivity index is 2.19. The average molecular weight is 299 g/mol. The number of amides is 2. The number of carbonyl (C=O) groups excluding carboxylic acids is 1. The lowest BCUT2D eigenvalue weighted by Crippen LogP contribution is -2.49. The highest BCUT2D eigenvalue weighted by molar-refractivity contribution is 6.30. The van der Waals surface area contributed by atoms with Crippen LogP contribution in [0.2, 0.25) is 5.02 Å². The normalized spacial score (nSPS) is 14.9. The van der Waals surface area contributed by atoms with Crippen molar-refractivity contribution < 1.29 is 19.4 Å². The Kier molecular flexibility index (Phi) is 4.81. The SMILES string of the molecule is O=C(O)CN(C(=O)N1CCOCC1)c1ccc(Cl)cc1. The second-order valence-corrected chi connectivity index (χ2v) is 4.77. The highest BCUT2D eigenvalue weighted by Crippen LogP contribution is 2.19. The van der Waals surface area contributed by atoms with Crippen molar-refractivity contribution in [2.45, 2.75) is 0 Å². The molecule has 1 aliphatic heterocycles. The zero-order valence-electron chi connectivity index (χ0n) is 10.8. The van der Waals surface area contributed by atoms with Gasteiger partial charge in [0.15, 0.2) is 0 Å². The van der Waals surface area contributed by atoms with E-state index in [0.717, 1.165) is 0 Å². The van der Waals surface area contributed by atoms with Crippen molar-refractivity contribution in [2.75, 3.05) is 37.7 Å². The average Bonchev–Trinajstić information content (AvgIpc) is 2.46. The number of carboxylic acid groups (broad SMARTS) is 1. The molecule has 2 rings (SSSR count). The predicted octanol–water partition coefficient (Wildman–Crippen LogP) is 1.68. The van der Waals surface area contributed by atoms with E-state index in [9.17, 15) is 9.59 Å². The molecule has 1 aliphatic rings. The Morgan fingerprint density at radius 3 is 2.40 bits per heavy atom. The first kappa shape index (κ1) is 14.6. The van der Waals surface area contributed by atoms with Crippen LogP contribution in [0.4, 0.5) is 10.5 Å². The van der Waals surface area contributed by atoms with Gasteiger partial charge in [0.1, 0.15) is 6.54 Å². The van der Waals surface area contributed by atoms with Gasteiger partial charge in [-0.05, 0) is 24.3 Å². The van der Waals surface area contributed by atoms with Gasteiger partial charge in [-0.15, -0.1) is 0 Å². The maximum absolute atomic E-state index is 12.4. The van der Waals surface area contributed by atoms with Crippen LogP contribution in [0, 0.1) is 0 Å². The van der Waals surface area contributed by atoms with Crippen LogP contribution in [0.25, 0.3) is 0 Å². The van der Waals surface area contributed by atoms with Crippen LogP contribution in [-0.4, -0.2) is 54.9 Å². The molecule has 0 saturated carbocycles. The molecule has 7 heteroatoms. The molecule has 6 nitrogen and oxygen atoms in total. The summed E-state index contributed by atoms with van der Waals surface area (Å²) in [6.07, 6.45) is 0. The van der Waals surface area contributed by atoms with E-state index in [0.29, 0.717) is 37.0 Å². The number of carbonyl (C=O) groups is 2. The van der Waals surface area contributed by atoms with Gasteiger partial charge < -0.3 is 14.7 Å². The van der Waals surface area contributed by atoms with Crippen LogP contribution in [0.15, 0.2) is 24.3 Å². The number of hydrogen-bond acceptors (Lipinski definition) is 3. The maximum atomic E-state index is 12.4. The molecule has 0 radical (unpaired) electrons. The Labute approximate surface area is 121 Å². The summed E-state index contributed by atoms with van der Waals surface area (Å²) in [6, 6.07) is 6.17. The minimum Gasteiger partial charge on any atom is -0.480 e. The Hall–Kier alpha value is -1.79. The molecule has 0 bridgehead atoms. The number of ether oxygens (including phenoxy) is 1. The van der Waals surface area contributed by atoms with Crippen LogP contribution in [0.1, 0.15) is 0 Å². The van der Waals surface area contributed by atoms with E-state index in [-0.39, 0.29) is 6.03 Å². The van der Waals surface area contributed by atoms with Gasteiger partial charge in [-0.1, -0.05) is 11.6 Å². The van der Waals surface area contributed by atoms with Gasteiger partial charge in [-0.2, -0.15) is 0 Å². The second-order valence-electron chi connectivity index (χ2n) is 4.34. The van der Waals surface area contributed by atoms with Crippen molar-refractivity contribution in [1.29, 1.82) is 0 Å². The highest BCUT2D eigenvalue weighted by atomic mass is 35.5. The monoisotopic (exact) mass is 298 g/mol. The van der Waals surface area contributed by atoms with Crippen molar-refractivity contribution in [3.63, 3.8) is 0 Å². The lowest BCUT2D eigenvalue weighted by molar-refractivity contribution is -0.135. The molecule has 1 saturated heterocycles. The summed E-state index contributed by atoms with van der Waals surface area (Å²) >= 11 is 5.80. The minimum atomic E-state index is -1.07. The molecule has 0 atom stereocenters. The fourth-order valence-electron chi connectivity index (χ4n) is 1.95. The number of carboxylic acids is 1. The number of hydrogen-bond donors (Lipinski definition) is 1. The molecule has 1 N–H and O–H groups in total. The zero-order chi connectivity index (χ0) is 14.5. The summed E-state index contributed by atoms with van der Waals surface area (Å²) in [5.74, 6) is -1.07. The number of anilines is 1. The van der Waals surface area contributed by atoms with E-state index >= 15 is 0 Å². The van der Waals surface area contributed by atoms with Gasteiger partial charge in [0.05, 0.1) is 13.2 Å². The number of rotatable bonds is 3. The summed E-state index contributed by atoms with van der Waals surface area (Å²) in [5, 5.41) is 9.51. The largest absolute Gasteiger partial charge is 0.480 e. The molecule has 0 aliphatic carbocycles. The van der Waals surface area contributed by atoms with Gasteiger partial charge in [0.25, 0.3) is 0 Å². The fourth-order valence-corrected chi connectivity index (χ4v) is 2.08. The van der Waals surface area contributed by atoms with Crippen molar-refractivity contribution in [1.82, 2.24) is 4.90 Å². The van der Waals surface area contributed by atoms with Gasteiger partial charge in [0, 0.05) is 23.8 Å². The Bertz CT molecular complexity index is 486. The summed E-state index contributed by atoms with van der Waals surface area (Å²) in [4.78, 5) is 26.2. The first-order valence-electron chi connectivity index (χ1n) is 6.19. The number of halogens is 1. The molecule has 2 amide bonds. The lowest BCUT2D eigenvalue weighted by atomic mass is 10.3. The van der Waals surface area contributed by atoms with Crippen LogP contribution in [0.5, 0.6) is 0 Å². The molecular formula is C13H15ClN2O4. The van der Waals surface area contributed by atoms with Crippen molar-refractivity contribution in [2.24, 2.45) is 0 Å². The van der Waals surface area contributed by atoms with Crippen LogP contribution in [-0.2, 0) is 9.53 Å². The summed E-state index contributed by atoms with van der Waals surface area (Å²) < 4.78 is 5.19. The van der Waals surface area contributed by atoms with E-state index in [2.05, 4.69) is 0 Å². The topological polar surface area (TPSA) is 70.1 Å². The van der Waals surface area contributed by atoms with E-state index in [1.54, 1.807) is 29.2 Å². The summed E-state index contributed by atoms with van der Waals surface area (Å²) in [5.41, 5.74) is 0.508. The zero-order valence-corrected chi connectivity index (χ0v) is 11.5. The molecule has 1 aromatic carbocycles. The molecule has 0 unspecified atom stereocenters. The number of morpholine rings is 1. The molecule has 1 heterocycles. The number of urea groups is 1. The maximum Gasteiger partial charge on any atom is 0.325 e. The van der Waals surface area contributed by atoms with Crippen molar-refractivity contribution >= 4 is 29.3 Å². The van der Waals surface area contributed by atoms with Crippen molar-refractivity contribution in [3.05, 3.63) is 29.3 Å². The van der Waals surface area contributed by atoms with Crippen LogP contribution >= 0.6 is 11.6 Å². The first-order valence-corrected chi connectivity index (χ1v) is 6.57. The van der Waals surface area contributed by atoms with E-state index in [1.807, 2.05) is 0 Å². The van der Waals surface area contributed by atoms with Gasteiger partial charge in [-0.3, -0.25) is 9.69 Å². The second kappa shape index (κ2) is 6.58. The van der Waals surface area contributed by atoms with E-state index < -0.39 is 12.5 Å². The number of aliphatic carboxylic acids is 1. The predicted molar refractivity (Wildman–Crippen MR) is 74.2 cm³/mol. The molecule has 0 spiro atoms. The Morgan fingerprint density at radius 2 is 1.85 bits per heavy atom.